The molecule has 0 atom stereocenters. The Morgan fingerprint density at radius 3 is 2.24 bits per heavy atom. The number of nitrogens with zero attached hydrogens (tertiary/aromatic N) is 2. The largest absolute Gasteiger partial charge is 0.351 e. The van der Waals surface area contributed by atoms with Crippen LogP contribution in [0.15, 0.2) is 42.5 Å². The molecule has 1 heterocycles. The van der Waals surface area contributed by atoms with Crippen LogP contribution in [0.2, 0.25) is 10.0 Å². The molecule has 0 aromatic heterocycles. The molecule has 160 valence electrons. The minimum absolute atomic E-state index is 0. The van der Waals surface area contributed by atoms with Crippen LogP contribution in [0.25, 0.3) is 0 Å². The van der Waals surface area contributed by atoms with Crippen molar-refractivity contribution < 1.29 is 9.18 Å². The molecule has 0 radical (unpaired) electrons. The van der Waals surface area contributed by atoms with E-state index in [1.54, 1.807) is 6.07 Å². The van der Waals surface area contributed by atoms with Crippen molar-refractivity contribution in [3.05, 3.63) is 69.5 Å². The van der Waals surface area contributed by atoms with Crippen LogP contribution >= 0.6 is 48.0 Å². The summed E-state index contributed by atoms with van der Waals surface area (Å²) in [6.07, 6.45) is 0. The molecular weight excluding hydrogens is 459 g/mol. The number of carbonyl (C=O) groups is 1. The van der Waals surface area contributed by atoms with E-state index in [0.29, 0.717) is 17.1 Å². The highest BCUT2D eigenvalue weighted by Gasteiger charge is 2.18. The van der Waals surface area contributed by atoms with E-state index in [-0.39, 0.29) is 36.5 Å². The normalized spacial score (nSPS) is 14.6. The predicted molar refractivity (Wildman–Crippen MR) is 121 cm³/mol. The van der Waals surface area contributed by atoms with Gasteiger partial charge < -0.3 is 5.32 Å². The van der Waals surface area contributed by atoms with Crippen molar-refractivity contribution in [2.75, 3.05) is 39.3 Å². The zero-order chi connectivity index (χ0) is 19.2. The molecule has 1 saturated heterocycles. The van der Waals surface area contributed by atoms with Crippen molar-refractivity contribution >= 4 is 53.9 Å². The van der Waals surface area contributed by atoms with Gasteiger partial charge in [-0.1, -0.05) is 23.2 Å². The molecule has 1 aliphatic rings. The summed E-state index contributed by atoms with van der Waals surface area (Å²) in [6.45, 7) is 5.89. The molecule has 4 nitrogen and oxygen atoms in total. The quantitative estimate of drug-likeness (QED) is 0.657. The number of piperazine rings is 1. The minimum Gasteiger partial charge on any atom is -0.351 e. The van der Waals surface area contributed by atoms with Crippen molar-refractivity contribution in [2.24, 2.45) is 0 Å². The molecule has 1 amide bonds. The van der Waals surface area contributed by atoms with E-state index in [2.05, 4.69) is 15.1 Å². The van der Waals surface area contributed by atoms with E-state index in [9.17, 15) is 9.18 Å². The van der Waals surface area contributed by atoms with E-state index < -0.39 is 0 Å². The third-order valence-electron chi connectivity index (χ3n) is 4.69. The van der Waals surface area contributed by atoms with Gasteiger partial charge in [-0.25, -0.2) is 4.39 Å². The molecule has 1 fully saturated rings. The lowest BCUT2D eigenvalue weighted by Gasteiger charge is -2.34. The van der Waals surface area contributed by atoms with E-state index in [4.69, 9.17) is 23.2 Å². The smallest absolute Gasteiger partial charge is 0.251 e. The van der Waals surface area contributed by atoms with E-state index in [1.807, 2.05) is 12.1 Å². The molecule has 0 bridgehead atoms. The Labute approximate surface area is 193 Å². The molecule has 0 saturated carbocycles. The van der Waals surface area contributed by atoms with Gasteiger partial charge in [0.15, 0.2) is 0 Å². The van der Waals surface area contributed by atoms with Gasteiger partial charge in [0.2, 0.25) is 0 Å². The zero-order valence-corrected chi connectivity index (χ0v) is 18.9. The Bertz CT molecular complexity index is 784. The summed E-state index contributed by atoms with van der Waals surface area (Å²) in [7, 11) is 0. The number of hydrogen-bond donors (Lipinski definition) is 1. The maximum absolute atomic E-state index is 12.9. The zero-order valence-electron chi connectivity index (χ0n) is 15.7. The second-order valence-corrected chi connectivity index (χ2v) is 7.46. The van der Waals surface area contributed by atoms with Crippen LogP contribution in [0, 0.1) is 5.82 Å². The first kappa shape index (κ1) is 26.0. The Morgan fingerprint density at radius 2 is 1.59 bits per heavy atom. The standard InChI is InChI=1S/C20H22Cl2FN3O.2ClH/c21-17-3-6-19(22)16(13-17)14-26-11-9-25(10-12-26)8-7-24-20(27)15-1-4-18(23)5-2-15;;/h1-6,13H,7-12,14H2,(H,24,27);2*1H. The van der Waals surface area contributed by atoms with Gasteiger partial charge >= 0.3 is 0 Å². The summed E-state index contributed by atoms with van der Waals surface area (Å²) >= 11 is 12.3. The highest BCUT2D eigenvalue weighted by atomic mass is 35.5. The lowest BCUT2D eigenvalue weighted by atomic mass is 10.2. The topological polar surface area (TPSA) is 35.6 Å². The Hall–Kier alpha value is -1.08. The first-order valence-electron chi connectivity index (χ1n) is 8.93. The fourth-order valence-corrected chi connectivity index (χ4v) is 3.48. The molecule has 1 aliphatic heterocycles. The molecule has 3 rings (SSSR count). The average molecular weight is 483 g/mol. The van der Waals surface area contributed by atoms with Crippen LogP contribution in [-0.2, 0) is 6.54 Å². The highest BCUT2D eigenvalue weighted by Crippen LogP contribution is 2.22. The van der Waals surface area contributed by atoms with Crippen LogP contribution in [0.1, 0.15) is 15.9 Å². The van der Waals surface area contributed by atoms with Crippen LogP contribution in [-0.4, -0.2) is 55.0 Å². The van der Waals surface area contributed by atoms with Crippen molar-refractivity contribution in [2.45, 2.75) is 6.54 Å². The highest BCUT2D eigenvalue weighted by molar-refractivity contribution is 6.33. The Morgan fingerprint density at radius 1 is 0.966 bits per heavy atom. The molecule has 2 aromatic rings. The fourth-order valence-electron chi connectivity index (χ4n) is 3.11. The summed E-state index contributed by atoms with van der Waals surface area (Å²) in [4.78, 5) is 16.7. The summed E-state index contributed by atoms with van der Waals surface area (Å²) in [5.74, 6) is -0.521. The van der Waals surface area contributed by atoms with Gasteiger partial charge in [-0.2, -0.15) is 0 Å². The average Bonchev–Trinajstić information content (AvgIpc) is 2.66. The molecule has 0 unspecified atom stereocenters. The van der Waals surface area contributed by atoms with E-state index in [1.165, 1.54) is 24.3 Å². The number of benzene rings is 2. The third-order valence-corrected chi connectivity index (χ3v) is 5.29. The van der Waals surface area contributed by atoms with Gasteiger partial charge in [0, 0.05) is 61.4 Å². The second kappa shape index (κ2) is 12.6. The minimum atomic E-state index is -0.344. The molecule has 9 heteroatoms. The summed E-state index contributed by atoms with van der Waals surface area (Å²) in [5.41, 5.74) is 1.52. The van der Waals surface area contributed by atoms with Gasteiger partial charge in [0.1, 0.15) is 5.82 Å². The number of halogens is 5. The van der Waals surface area contributed by atoms with Crippen LogP contribution < -0.4 is 5.32 Å². The molecular formula is C20H24Cl4FN3O. The Kier molecular flexibility index (Phi) is 11.3. The van der Waals surface area contributed by atoms with Crippen LogP contribution in [0.3, 0.4) is 0 Å². The van der Waals surface area contributed by atoms with Crippen molar-refractivity contribution in [1.29, 1.82) is 0 Å². The number of amides is 1. The SMILES string of the molecule is Cl.Cl.O=C(NCCN1CCN(Cc2cc(Cl)ccc2Cl)CC1)c1ccc(F)cc1. The molecule has 0 aliphatic carbocycles. The summed E-state index contributed by atoms with van der Waals surface area (Å²) in [5, 5.41) is 4.32. The molecule has 0 spiro atoms. The Balaban J connectivity index is 0.00000210. The molecule has 2 aromatic carbocycles. The van der Waals surface area contributed by atoms with Gasteiger partial charge in [0.05, 0.1) is 0 Å². The summed E-state index contributed by atoms with van der Waals surface area (Å²) < 4.78 is 12.9. The molecule has 29 heavy (non-hydrogen) atoms. The van der Waals surface area contributed by atoms with Crippen molar-refractivity contribution in [1.82, 2.24) is 15.1 Å². The van der Waals surface area contributed by atoms with E-state index in [0.717, 1.165) is 49.9 Å². The van der Waals surface area contributed by atoms with Crippen LogP contribution in [0.4, 0.5) is 4.39 Å². The monoisotopic (exact) mass is 481 g/mol. The first-order valence-corrected chi connectivity index (χ1v) is 9.69. The summed E-state index contributed by atoms with van der Waals surface area (Å²) in [6, 6.07) is 11.1. The number of rotatable bonds is 6. The van der Waals surface area contributed by atoms with Gasteiger partial charge in [0.25, 0.3) is 5.91 Å². The lowest BCUT2D eigenvalue weighted by Crippen LogP contribution is -2.48. The van der Waals surface area contributed by atoms with E-state index >= 15 is 0 Å². The first-order chi connectivity index (χ1) is 13.0. The maximum atomic E-state index is 12.9. The van der Waals surface area contributed by atoms with Crippen molar-refractivity contribution in [3.63, 3.8) is 0 Å². The third kappa shape index (κ3) is 7.93. The van der Waals surface area contributed by atoms with Gasteiger partial charge in [-0.3, -0.25) is 14.6 Å². The fraction of sp³-hybridized carbons (Fsp3) is 0.350. The van der Waals surface area contributed by atoms with Crippen LogP contribution in [0.5, 0.6) is 0 Å². The predicted octanol–water partition coefficient (Wildman–Crippen LogP) is 4.52. The number of carbonyl (C=O) groups excluding carboxylic acids is 1. The van der Waals surface area contributed by atoms with Gasteiger partial charge in [-0.05, 0) is 48.0 Å². The molecule has 1 N–H and O–H groups in total. The van der Waals surface area contributed by atoms with Gasteiger partial charge in [-0.15, -0.1) is 24.8 Å². The number of nitrogens with one attached hydrogen (secondary N) is 1. The van der Waals surface area contributed by atoms with Crippen molar-refractivity contribution in [3.8, 4) is 0 Å². The second-order valence-electron chi connectivity index (χ2n) is 6.62. The lowest BCUT2D eigenvalue weighted by molar-refractivity contribution is 0.0934. The maximum Gasteiger partial charge on any atom is 0.251 e. The number of hydrogen-bond acceptors (Lipinski definition) is 3.